The molecule has 0 aliphatic carbocycles. The normalized spacial score (nSPS) is 20.0. The summed E-state index contributed by atoms with van der Waals surface area (Å²) < 4.78 is 15.6. The highest BCUT2D eigenvalue weighted by molar-refractivity contribution is 6.17. The fraction of sp³-hybridized carbons (Fsp3) is 0.300. The standard InChI is InChI=1S/C20H19N3O6/c1-3-27-15(24)9-14-16(18(25)28-4-2)20(12(10-21)17(22)29-14)11-7-5-6-8-13(11)23-19(20)26/h5-8H,3-4,9,22H2,1-2H3,(H,23,26)/t20-/m1/s1. The monoisotopic (exact) mass is 397 g/mol. The first kappa shape index (κ1) is 19.9. The summed E-state index contributed by atoms with van der Waals surface area (Å²) in [4.78, 5) is 38.3. The highest BCUT2D eigenvalue weighted by atomic mass is 16.5. The minimum atomic E-state index is -1.89. The van der Waals surface area contributed by atoms with Crippen LogP contribution in [-0.4, -0.2) is 31.1 Å². The fourth-order valence-corrected chi connectivity index (χ4v) is 3.58. The van der Waals surface area contributed by atoms with Crippen LogP contribution in [0.3, 0.4) is 0 Å². The lowest BCUT2D eigenvalue weighted by Crippen LogP contribution is -2.46. The van der Waals surface area contributed by atoms with Gasteiger partial charge < -0.3 is 25.3 Å². The number of nitriles is 1. The van der Waals surface area contributed by atoms with Crippen LogP contribution in [0, 0.1) is 11.3 Å². The molecule has 2 aliphatic heterocycles. The predicted molar refractivity (Wildman–Crippen MR) is 99.6 cm³/mol. The molecule has 0 aromatic heterocycles. The number of hydrogen-bond acceptors (Lipinski definition) is 8. The van der Waals surface area contributed by atoms with Gasteiger partial charge in [-0.25, -0.2) is 4.79 Å². The lowest BCUT2D eigenvalue weighted by Gasteiger charge is -2.34. The molecule has 1 aromatic rings. The first-order valence-electron chi connectivity index (χ1n) is 8.97. The molecule has 3 rings (SSSR count). The van der Waals surface area contributed by atoms with Crippen molar-refractivity contribution in [1.82, 2.24) is 0 Å². The second-order valence-electron chi connectivity index (χ2n) is 6.20. The molecule has 0 bridgehead atoms. The van der Waals surface area contributed by atoms with E-state index >= 15 is 0 Å². The first-order valence-corrected chi connectivity index (χ1v) is 8.97. The molecule has 3 N–H and O–H groups in total. The lowest BCUT2D eigenvalue weighted by molar-refractivity contribution is -0.143. The zero-order valence-corrected chi connectivity index (χ0v) is 15.9. The van der Waals surface area contributed by atoms with E-state index in [9.17, 15) is 19.6 Å². The van der Waals surface area contributed by atoms with Gasteiger partial charge in [0.1, 0.15) is 29.4 Å². The van der Waals surface area contributed by atoms with Gasteiger partial charge in [-0.1, -0.05) is 18.2 Å². The average molecular weight is 397 g/mol. The number of hydrogen-bond donors (Lipinski definition) is 2. The molecule has 1 amide bonds. The largest absolute Gasteiger partial charge is 0.466 e. The fourth-order valence-electron chi connectivity index (χ4n) is 3.58. The van der Waals surface area contributed by atoms with Crippen molar-refractivity contribution in [2.24, 2.45) is 5.73 Å². The Labute approximate surface area is 166 Å². The number of esters is 2. The van der Waals surface area contributed by atoms with E-state index in [2.05, 4.69) is 5.32 Å². The van der Waals surface area contributed by atoms with E-state index in [1.807, 2.05) is 6.07 Å². The topological polar surface area (TPSA) is 141 Å². The number of rotatable bonds is 5. The molecular weight excluding hydrogens is 378 g/mol. The van der Waals surface area contributed by atoms with Crippen LogP contribution in [0.1, 0.15) is 25.8 Å². The van der Waals surface area contributed by atoms with Gasteiger partial charge in [-0.15, -0.1) is 0 Å². The quantitative estimate of drug-likeness (QED) is 0.710. The number of fused-ring (bicyclic) bond motifs is 2. The SMILES string of the molecule is CCOC(=O)CC1=C(C(=O)OCC)[C@]2(C(=O)Nc3ccccc32)C(C#N)=C(N)O1. The summed E-state index contributed by atoms with van der Waals surface area (Å²) in [6.45, 7) is 3.35. The van der Waals surface area contributed by atoms with Crippen LogP contribution in [0.15, 0.2) is 47.1 Å². The minimum Gasteiger partial charge on any atom is -0.466 e. The van der Waals surface area contributed by atoms with Crippen molar-refractivity contribution in [3.63, 3.8) is 0 Å². The smallest absolute Gasteiger partial charge is 0.339 e. The number of nitrogens with zero attached hydrogens (tertiary/aromatic N) is 1. The van der Waals surface area contributed by atoms with Gasteiger partial charge >= 0.3 is 11.9 Å². The number of ether oxygens (including phenoxy) is 3. The summed E-state index contributed by atoms with van der Waals surface area (Å²) in [6, 6.07) is 8.49. The number of nitrogens with two attached hydrogens (primary N) is 1. The molecule has 1 atom stereocenters. The van der Waals surface area contributed by atoms with Gasteiger partial charge in [0.2, 0.25) is 11.8 Å². The van der Waals surface area contributed by atoms with Crippen molar-refractivity contribution in [3.8, 4) is 6.07 Å². The van der Waals surface area contributed by atoms with Gasteiger partial charge in [0.15, 0.2) is 5.41 Å². The number of anilines is 1. The highest BCUT2D eigenvalue weighted by Crippen LogP contribution is 2.52. The summed E-state index contributed by atoms with van der Waals surface area (Å²) in [5.74, 6) is -2.79. The molecule has 0 unspecified atom stereocenters. The lowest BCUT2D eigenvalue weighted by atomic mass is 9.68. The maximum absolute atomic E-state index is 13.2. The van der Waals surface area contributed by atoms with E-state index in [1.54, 1.807) is 38.1 Å². The maximum Gasteiger partial charge on any atom is 0.339 e. The Bertz CT molecular complexity index is 1000. The third kappa shape index (κ3) is 2.99. The minimum absolute atomic E-state index is 0.00937. The van der Waals surface area contributed by atoms with Gasteiger partial charge in [0.25, 0.3) is 0 Å². The zero-order chi connectivity index (χ0) is 21.2. The van der Waals surface area contributed by atoms with E-state index in [4.69, 9.17) is 19.9 Å². The molecule has 1 aromatic carbocycles. The number of benzene rings is 1. The van der Waals surface area contributed by atoms with E-state index in [1.165, 1.54) is 0 Å². The van der Waals surface area contributed by atoms with E-state index in [0.29, 0.717) is 11.3 Å². The summed E-state index contributed by atoms with van der Waals surface area (Å²) in [6.07, 6.45) is -0.460. The molecule has 9 heteroatoms. The number of amides is 1. The van der Waals surface area contributed by atoms with Crippen LogP contribution in [-0.2, 0) is 34.0 Å². The summed E-state index contributed by atoms with van der Waals surface area (Å²) in [5, 5.41) is 12.5. The molecular formula is C20H19N3O6. The Balaban J connectivity index is 2.34. The van der Waals surface area contributed by atoms with E-state index in [0.717, 1.165) is 0 Å². The number of carbonyl (C=O) groups is 3. The molecule has 9 nitrogen and oxygen atoms in total. The molecule has 29 heavy (non-hydrogen) atoms. The molecule has 2 heterocycles. The molecule has 0 saturated heterocycles. The average Bonchev–Trinajstić information content (AvgIpc) is 2.95. The molecule has 2 aliphatic rings. The Morgan fingerprint density at radius 3 is 2.59 bits per heavy atom. The third-order valence-electron chi connectivity index (χ3n) is 4.63. The third-order valence-corrected chi connectivity index (χ3v) is 4.63. The van der Waals surface area contributed by atoms with Gasteiger partial charge in [-0.3, -0.25) is 9.59 Å². The van der Waals surface area contributed by atoms with Gasteiger partial charge in [-0.2, -0.15) is 5.26 Å². The second kappa shape index (κ2) is 7.67. The molecule has 0 fully saturated rings. The van der Waals surface area contributed by atoms with Crippen molar-refractivity contribution in [2.75, 3.05) is 18.5 Å². The highest BCUT2D eigenvalue weighted by Gasteiger charge is 2.60. The molecule has 150 valence electrons. The number of para-hydroxylation sites is 1. The van der Waals surface area contributed by atoms with Gasteiger partial charge in [0.05, 0.1) is 13.2 Å². The van der Waals surface area contributed by atoms with E-state index < -0.39 is 29.7 Å². The Kier molecular flexibility index (Phi) is 5.28. The van der Waals surface area contributed by atoms with Crippen molar-refractivity contribution >= 4 is 23.5 Å². The second-order valence-corrected chi connectivity index (χ2v) is 6.20. The van der Waals surface area contributed by atoms with E-state index in [-0.39, 0.29) is 36.0 Å². The van der Waals surface area contributed by atoms with Gasteiger partial charge in [0, 0.05) is 11.3 Å². The summed E-state index contributed by atoms with van der Waals surface area (Å²) >= 11 is 0. The predicted octanol–water partition coefficient (Wildman–Crippen LogP) is 1.37. The molecule has 0 radical (unpaired) electrons. The maximum atomic E-state index is 13.2. The Morgan fingerprint density at radius 2 is 1.93 bits per heavy atom. The van der Waals surface area contributed by atoms with Crippen molar-refractivity contribution in [2.45, 2.75) is 25.7 Å². The van der Waals surface area contributed by atoms with Crippen molar-refractivity contribution in [1.29, 1.82) is 5.26 Å². The van der Waals surface area contributed by atoms with Crippen LogP contribution in [0.5, 0.6) is 0 Å². The van der Waals surface area contributed by atoms with Gasteiger partial charge in [-0.05, 0) is 19.9 Å². The number of carbonyl (C=O) groups excluding carboxylic acids is 3. The molecule has 0 saturated carbocycles. The summed E-state index contributed by atoms with van der Waals surface area (Å²) in [5.41, 5.74) is 4.31. The first-order chi connectivity index (χ1) is 13.9. The number of nitrogens with one attached hydrogen (secondary N) is 1. The van der Waals surface area contributed by atoms with Crippen LogP contribution >= 0.6 is 0 Å². The Hall–Kier alpha value is -3.80. The van der Waals surface area contributed by atoms with Crippen molar-refractivity contribution < 1.29 is 28.6 Å². The van der Waals surface area contributed by atoms with Crippen LogP contribution < -0.4 is 11.1 Å². The van der Waals surface area contributed by atoms with Crippen molar-refractivity contribution in [3.05, 3.63) is 52.6 Å². The van der Waals surface area contributed by atoms with Crippen LogP contribution in [0.4, 0.5) is 5.69 Å². The summed E-state index contributed by atoms with van der Waals surface area (Å²) in [7, 11) is 0. The zero-order valence-electron chi connectivity index (χ0n) is 15.9. The van der Waals surface area contributed by atoms with Crippen LogP contribution in [0.25, 0.3) is 0 Å². The van der Waals surface area contributed by atoms with Crippen LogP contribution in [0.2, 0.25) is 0 Å². The molecule has 1 spiro atoms. The Morgan fingerprint density at radius 1 is 1.24 bits per heavy atom.